The molecule has 128 valence electrons. The molecule has 1 amide bonds. The Bertz CT molecular complexity index is 790. The number of hydrogen-bond donors (Lipinski definition) is 0. The number of thiazole rings is 1. The summed E-state index contributed by atoms with van der Waals surface area (Å²) in [4.78, 5) is 19.6. The Labute approximate surface area is 142 Å². The number of fused-ring (bicyclic) bond motifs is 1. The number of hydrogen-bond acceptors (Lipinski definition) is 3. The first-order valence-corrected chi connectivity index (χ1v) is 8.64. The smallest absolute Gasteiger partial charge is 0.257 e. The standard InChI is InChI=1S/C17H17F3N2OS/c1-3-13-21-11-5-4-6-12(16(11)24-13)22(2)17(23)9-7-8-10(18)15(20)14(9)19/h7-8,12H,3-6H2,1-2H3. The van der Waals surface area contributed by atoms with Crippen LogP contribution in [0.25, 0.3) is 0 Å². The fourth-order valence-electron chi connectivity index (χ4n) is 2.99. The Kier molecular flexibility index (Phi) is 4.62. The van der Waals surface area contributed by atoms with Crippen molar-refractivity contribution in [3.8, 4) is 0 Å². The lowest BCUT2D eigenvalue weighted by Crippen LogP contribution is -2.33. The van der Waals surface area contributed by atoms with E-state index in [1.54, 1.807) is 18.4 Å². The summed E-state index contributed by atoms with van der Waals surface area (Å²) in [7, 11) is 1.56. The van der Waals surface area contributed by atoms with Crippen molar-refractivity contribution < 1.29 is 18.0 Å². The Morgan fingerprint density at radius 1 is 1.33 bits per heavy atom. The highest BCUT2D eigenvalue weighted by atomic mass is 32.1. The van der Waals surface area contributed by atoms with Gasteiger partial charge in [-0.05, 0) is 37.8 Å². The molecule has 24 heavy (non-hydrogen) atoms. The van der Waals surface area contributed by atoms with Crippen LogP contribution in [0.4, 0.5) is 13.2 Å². The minimum atomic E-state index is -1.62. The largest absolute Gasteiger partial charge is 0.334 e. The first kappa shape index (κ1) is 17.0. The van der Waals surface area contributed by atoms with Gasteiger partial charge in [0.1, 0.15) is 0 Å². The molecule has 0 N–H and O–H groups in total. The predicted molar refractivity (Wildman–Crippen MR) is 85.6 cm³/mol. The topological polar surface area (TPSA) is 33.2 Å². The molecule has 0 saturated carbocycles. The van der Waals surface area contributed by atoms with Gasteiger partial charge in [0.2, 0.25) is 0 Å². The average Bonchev–Trinajstić information content (AvgIpc) is 3.02. The Hall–Kier alpha value is -1.89. The molecule has 7 heteroatoms. The third-order valence-corrected chi connectivity index (χ3v) is 5.66. The summed E-state index contributed by atoms with van der Waals surface area (Å²) >= 11 is 1.56. The number of carbonyl (C=O) groups excluding carboxylic acids is 1. The van der Waals surface area contributed by atoms with E-state index in [-0.39, 0.29) is 6.04 Å². The van der Waals surface area contributed by atoms with Gasteiger partial charge in [0.05, 0.1) is 27.2 Å². The minimum absolute atomic E-state index is 0.216. The van der Waals surface area contributed by atoms with E-state index in [9.17, 15) is 18.0 Å². The summed E-state index contributed by atoms with van der Waals surface area (Å²) in [6.45, 7) is 2.02. The second-order valence-corrected chi connectivity index (χ2v) is 6.93. The zero-order valence-corrected chi connectivity index (χ0v) is 14.2. The lowest BCUT2D eigenvalue weighted by molar-refractivity contribution is 0.0711. The van der Waals surface area contributed by atoms with Crippen LogP contribution in [0.2, 0.25) is 0 Å². The maximum Gasteiger partial charge on any atom is 0.257 e. The Morgan fingerprint density at radius 2 is 2.08 bits per heavy atom. The fraction of sp³-hybridized carbons (Fsp3) is 0.412. The molecule has 1 aliphatic carbocycles. The van der Waals surface area contributed by atoms with E-state index in [0.29, 0.717) is 0 Å². The molecule has 0 aliphatic heterocycles. The summed E-state index contributed by atoms with van der Waals surface area (Å²) in [6.07, 6.45) is 3.30. The van der Waals surface area contributed by atoms with Crippen LogP contribution in [0.15, 0.2) is 12.1 Å². The fourth-order valence-corrected chi connectivity index (χ4v) is 4.22. The zero-order chi connectivity index (χ0) is 17.4. The van der Waals surface area contributed by atoms with Crippen LogP contribution >= 0.6 is 11.3 Å². The lowest BCUT2D eigenvalue weighted by atomic mass is 9.96. The molecular formula is C17H17F3N2OS. The summed E-state index contributed by atoms with van der Waals surface area (Å²) in [5, 5.41) is 1.01. The molecule has 3 rings (SSSR count). The van der Waals surface area contributed by atoms with Crippen LogP contribution in [0, 0.1) is 17.5 Å². The van der Waals surface area contributed by atoms with Gasteiger partial charge >= 0.3 is 0 Å². The number of benzene rings is 1. The van der Waals surface area contributed by atoms with Crippen LogP contribution in [0.3, 0.4) is 0 Å². The number of amides is 1. The van der Waals surface area contributed by atoms with Gasteiger partial charge in [-0.15, -0.1) is 11.3 Å². The number of nitrogens with zero attached hydrogens (tertiary/aromatic N) is 2. The normalized spacial score (nSPS) is 16.8. The predicted octanol–water partition coefficient (Wildman–Crippen LogP) is 4.27. The second-order valence-electron chi connectivity index (χ2n) is 5.82. The zero-order valence-electron chi connectivity index (χ0n) is 13.4. The Balaban J connectivity index is 1.93. The van der Waals surface area contributed by atoms with Crippen LogP contribution in [-0.4, -0.2) is 22.8 Å². The van der Waals surface area contributed by atoms with Crippen molar-refractivity contribution in [2.45, 2.75) is 38.6 Å². The molecule has 1 atom stereocenters. The summed E-state index contributed by atoms with van der Waals surface area (Å²) < 4.78 is 40.4. The summed E-state index contributed by atoms with van der Waals surface area (Å²) in [5.41, 5.74) is 0.530. The SMILES string of the molecule is CCc1nc2c(s1)C(N(C)C(=O)c1ccc(F)c(F)c1F)CCC2. The first-order valence-electron chi connectivity index (χ1n) is 7.83. The van der Waals surface area contributed by atoms with E-state index in [0.717, 1.165) is 53.4 Å². The Morgan fingerprint density at radius 3 is 2.79 bits per heavy atom. The van der Waals surface area contributed by atoms with Crippen molar-refractivity contribution in [3.05, 3.63) is 50.7 Å². The number of carbonyl (C=O) groups is 1. The van der Waals surface area contributed by atoms with Crippen molar-refractivity contribution in [3.63, 3.8) is 0 Å². The molecule has 3 nitrogen and oxygen atoms in total. The molecule has 0 fully saturated rings. The van der Waals surface area contributed by atoms with Gasteiger partial charge in [0.25, 0.3) is 5.91 Å². The third-order valence-electron chi connectivity index (χ3n) is 4.32. The van der Waals surface area contributed by atoms with Crippen LogP contribution in [0.1, 0.15) is 51.7 Å². The van der Waals surface area contributed by atoms with E-state index in [2.05, 4.69) is 4.98 Å². The molecule has 1 unspecified atom stereocenters. The van der Waals surface area contributed by atoms with Gasteiger partial charge in [-0.3, -0.25) is 4.79 Å². The number of halogens is 3. The molecule has 0 radical (unpaired) electrons. The molecule has 0 bridgehead atoms. The van der Waals surface area contributed by atoms with Crippen LogP contribution < -0.4 is 0 Å². The van der Waals surface area contributed by atoms with E-state index >= 15 is 0 Å². The van der Waals surface area contributed by atoms with Crippen molar-refractivity contribution in [1.29, 1.82) is 0 Å². The summed E-state index contributed by atoms with van der Waals surface area (Å²) in [5.74, 6) is -5.02. The van der Waals surface area contributed by atoms with E-state index in [1.807, 2.05) is 6.92 Å². The maximum absolute atomic E-state index is 13.9. The lowest BCUT2D eigenvalue weighted by Gasteiger charge is -2.30. The molecule has 0 saturated heterocycles. The van der Waals surface area contributed by atoms with Crippen LogP contribution in [-0.2, 0) is 12.8 Å². The molecule has 1 heterocycles. The molecule has 1 aliphatic rings. The number of aromatic nitrogens is 1. The number of aryl methyl sites for hydroxylation is 2. The maximum atomic E-state index is 13.9. The van der Waals surface area contributed by atoms with Crippen molar-refractivity contribution in [2.75, 3.05) is 7.05 Å². The van der Waals surface area contributed by atoms with E-state index in [1.165, 1.54) is 4.90 Å². The number of rotatable bonds is 3. The van der Waals surface area contributed by atoms with Gasteiger partial charge in [0, 0.05) is 7.05 Å². The highest BCUT2D eigenvalue weighted by Crippen LogP contribution is 2.38. The first-order chi connectivity index (χ1) is 11.4. The minimum Gasteiger partial charge on any atom is -0.334 e. The molecular weight excluding hydrogens is 337 g/mol. The second kappa shape index (κ2) is 6.55. The van der Waals surface area contributed by atoms with E-state index in [4.69, 9.17) is 0 Å². The van der Waals surface area contributed by atoms with Gasteiger partial charge in [0.15, 0.2) is 17.5 Å². The highest BCUT2D eigenvalue weighted by Gasteiger charge is 2.32. The van der Waals surface area contributed by atoms with Gasteiger partial charge in [-0.25, -0.2) is 18.2 Å². The van der Waals surface area contributed by atoms with Gasteiger partial charge in [-0.2, -0.15) is 0 Å². The average molecular weight is 354 g/mol. The monoisotopic (exact) mass is 354 g/mol. The summed E-state index contributed by atoms with van der Waals surface area (Å²) in [6, 6.07) is 1.54. The molecule has 0 spiro atoms. The molecule has 1 aromatic carbocycles. The highest BCUT2D eigenvalue weighted by molar-refractivity contribution is 7.11. The van der Waals surface area contributed by atoms with E-state index < -0.39 is 28.9 Å². The third kappa shape index (κ3) is 2.81. The van der Waals surface area contributed by atoms with Crippen LogP contribution in [0.5, 0.6) is 0 Å². The quantitative estimate of drug-likeness (QED) is 0.771. The van der Waals surface area contributed by atoms with Crippen molar-refractivity contribution in [1.82, 2.24) is 9.88 Å². The van der Waals surface area contributed by atoms with Gasteiger partial charge < -0.3 is 4.90 Å². The molecule has 2 aromatic rings. The molecule has 1 aromatic heterocycles. The van der Waals surface area contributed by atoms with Crippen molar-refractivity contribution in [2.24, 2.45) is 0 Å². The van der Waals surface area contributed by atoms with Gasteiger partial charge in [-0.1, -0.05) is 6.92 Å². The van der Waals surface area contributed by atoms with Crippen molar-refractivity contribution >= 4 is 17.2 Å².